The molecule has 4 atom stereocenters. The standard InChI is InChI=1S/C25H28Br8O2/c1-5-15(26)21(32)11-34-23-17(28)7-13(8-18(23)29)25(3,4)14-9-19(30)24(20(31)10-14)35-12-22(33)16(27)6-2/h7-10,15-16,21-22H,5-6,11-12H2,1-4H3. The molecule has 35 heavy (non-hydrogen) atoms. The van der Waals surface area contributed by atoms with Crippen LogP contribution in [0.15, 0.2) is 42.2 Å². The van der Waals surface area contributed by atoms with Crippen molar-refractivity contribution in [1.82, 2.24) is 0 Å². The molecule has 2 aromatic carbocycles. The summed E-state index contributed by atoms with van der Waals surface area (Å²) in [7, 11) is 0. The number of halogens is 8. The molecule has 4 unspecified atom stereocenters. The summed E-state index contributed by atoms with van der Waals surface area (Å²) in [6.45, 7) is 9.85. The van der Waals surface area contributed by atoms with Gasteiger partial charge >= 0.3 is 0 Å². The maximum atomic E-state index is 6.14. The second kappa shape index (κ2) is 15.0. The molecule has 0 N–H and O–H groups in total. The molecule has 0 fully saturated rings. The lowest BCUT2D eigenvalue weighted by Gasteiger charge is -2.29. The molecule has 0 aliphatic carbocycles. The molecular weight excluding hydrogens is 972 g/mol. The predicted molar refractivity (Wildman–Crippen MR) is 178 cm³/mol. The number of rotatable bonds is 12. The first-order valence-electron chi connectivity index (χ1n) is 11.1. The van der Waals surface area contributed by atoms with Crippen molar-refractivity contribution in [2.24, 2.45) is 0 Å². The first kappa shape index (κ1) is 33.1. The van der Waals surface area contributed by atoms with Crippen LogP contribution in [-0.2, 0) is 5.41 Å². The van der Waals surface area contributed by atoms with Crippen LogP contribution in [0.3, 0.4) is 0 Å². The summed E-state index contributed by atoms with van der Waals surface area (Å²) < 4.78 is 15.9. The summed E-state index contributed by atoms with van der Waals surface area (Å²) in [6, 6.07) is 8.54. The van der Waals surface area contributed by atoms with Gasteiger partial charge in [-0.05, 0) is 112 Å². The number of benzene rings is 2. The minimum absolute atomic E-state index is 0.222. The molecule has 2 aromatic rings. The maximum absolute atomic E-state index is 6.14. The third-order valence-electron chi connectivity index (χ3n) is 5.78. The molecular formula is C25H28Br8O2. The van der Waals surface area contributed by atoms with Gasteiger partial charge in [0.25, 0.3) is 0 Å². The summed E-state index contributed by atoms with van der Waals surface area (Å²) in [5, 5.41) is 0. The van der Waals surface area contributed by atoms with Gasteiger partial charge in [-0.3, -0.25) is 0 Å². The molecule has 0 radical (unpaired) electrons. The van der Waals surface area contributed by atoms with E-state index in [0.717, 1.165) is 53.4 Å². The van der Waals surface area contributed by atoms with Gasteiger partial charge in [0.15, 0.2) is 0 Å². The smallest absolute Gasteiger partial charge is 0.147 e. The summed E-state index contributed by atoms with van der Waals surface area (Å²) in [5.41, 5.74) is 2.04. The highest BCUT2D eigenvalue weighted by Gasteiger charge is 2.28. The largest absolute Gasteiger partial charge is 0.490 e. The number of hydrogen-bond acceptors (Lipinski definition) is 2. The molecule has 0 spiro atoms. The Balaban J connectivity index is 2.28. The Morgan fingerprint density at radius 3 is 1.14 bits per heavy atom. The number of hydrogen-bond donors (Lipinski definition) is 0. The van der Waals surface area contributed by atoms with Crippen molar-refractivity contribution >= 4 is 127 Å². The zero-order chi connectivity index (χ0) is 26.5. The fourth-order valence-electron chi connectivity index (χ4n) is 3.33. The minimum atomic E-state index is -0.268. The van der Waals surface area contributed by atoms with Crippen molar-refractivity contribution < 1.29 is 9.47 Å². The maximum Gasteiger partial charge on any atom is 0.147 e. The van der Waals surface area contributed by atoms with Crippen molar-refractivity contribution in [2.75, 3.05) is 13.2 Å². The van der Waals surface area contributed by atoms with Crippen LogP contribution in [0.4, 0.5) is 0 Å². The van der Waals surface area contributed by atoms with Gasteiger partial charge in [-0.1, -0.05) is 91.4 Å². The SMILES string of the molecule is CCC(Br)C(Br)COc1c(Br)cc(C(C)(C)c2cc(Br)c(OCC(Br)C(Br)CC)c(Br)c2)cc1Br. The summed E-state index contributed by atoms with van der Waals surface area (Å²) >= 11 is 29.7. The second-order valence-corrected chi connectivity index (χ2v) is 16.8. The Kier molecular flexibility index (Phi) is 14.2. The lowest BCUT2D eigenvalue weighted by atomic mass is 9.78. The highest BCUT2D eigenvalue weighted by Crippen LogP contribution is 2.44. The Hall–Kier alpha value is 1.88. The van der Waals surface area contributed by atoms with E-state index in [0.29, 0.717) is 22.9 Å². The van der Waals surface area contributed by atoms with Crippen molar-refractivity contribution in [3.05, 3.63) is 53.3 Å². The first-order chi connectivity index (χ1) is 16.3. The van der Waals surface area contributed by atoms with Gasteiger partial charge in [-0.15, -0.1) is 0 Å². The third kappa shape index (κ3) is 8.94. The molecule has 0 heterocycles. The zero-order valence-electron chi connectivity index (χ0n) is 19.8. The predicted octanol–water partition coefficient (Wildman–Crippen LogP) is 11.7. The van der Waals surface area contributed by atoms with E-state index >= 15 is 0 Å². The Morgan fingerprint density at radius 2 is 0.886 bits per heavy atom. The van der Waals surface area contributed by atoms with E-state index in [9.17, 15) is 0 Å². The van der Waals surface area contributed by atoms with Crippen LogP contribution in [-0.4, -0.2) is 32.5 Å². The van der Waals surface area contributed by atoms with Crippen LogP contribution in [0.25, 0.3) is 0 Å². The normalized spacial score (nSPS) is 15.4. The highest BCUT2D eigenvalue weighted by molar-refractivity contribution is 9.13. The molecule has 0 saturated heterocycles. The van der Waals surface area contributed by atoms with Gasteiger partial charge in [0, 0.05) is 15.1 Å². The fraction of sp³-hybridized carbons (Fsp3) is 0.520. The molecule has 0 aliphatic rings. The molecule has 0 aromatic heterocycles. The average molecular weight is 1000 g/mol. The second-order valence-electron chi connectivity index (χ2n) is 8.67. The van der Waals surface area contributed by atoms with Gasteiger partial charge in [0.2, 0.25) is 0 Å². The molecule has 0 saturated carbocycles. The van der Waals surface area contributed by atoms with E-state index in [1.54, 1.807) is 0 Å². The average Bonchev–Trinajstić information content (AvgIpc) is 2.81. The Bertz CT molecular complexity index is 874. The van der Waals surface area contributed by atoms with E-state index in [2.05, 4.69) is 179 Å². The summed E-state index contributed by atoms with van der Waals surface area (Å²) in [6.07, 6.45) is 2.05. The lowest BCUT2D eigenvalue weighted by molar-refractivity contribution is 0.312. The van der Waals surface area contributed by atoms with Gasteiger partial charge < -0.3 is 9.47 Å². The van der Waals surface area contributed by atoms with Crippen LogP contribution in [0.1, 0.15) is 51.7 Å². The quantitative estimate of drug-likeness (QED) is 0.197. The lowest BCUT2D eigenvalue weighted by Crippen LogP contribution is -2.22. The van der Waals surface area contributed by atoms with Gasteiger partial charge in [0.1, 0.15) is 24.7 Å². The molecule has 10 heteroatoms. The topological polar surface area (TPSA) is 18.5 Å². The van der Waals surface area contributed by atoms with Gasteiger partial charge in [0.05, 0.1) is 27.5 Å². The van der Waals surface area contributed by atoms with Crippen LogP contribution >= 0.6 is 127 Å². The van der Waals surface area contributed by atoms with Crippen molar-refractivity contribution in [3.8, 4) is 11.5 Å². The van der Waals surface area contributed by atoms with E-state index in [4.69, 9.17) is 9.47 Å². The van der Waals surface area contributed by atoms with Crippen molar-refractivity contribution in [1.29, 1.82) is 0 Å². The van der Waals surface area contributed by atoms with Crippen molar-refractivity contribution in [2.45, 2.75) is 65.3 Å². The number of alkyl halides is 4. The van der Waals surface area contributed by atoms with E-state index in [-0.39, 0.29) is 15.1 Å². The van der Waals surface area contributed by atoms with Gasteiger partial charge in [-0.25, -0.2) is 0 Å². The zero-order valence-corrected chi connectivity index (χ0v) is 32.5. The van der Waals surface area contributed by atoms with Crippen molar-refractivity contribution in [3.63, 3.8) is 0 Å². The fourth-order valence-corrected chi connectivity index (χ4v) is 7.48. The molecule has 2 rings (SSSR count). The molecule has 2 nitrogen and oxygen atoms in total. The summed E-state index contributed by atoms with van der Waals surface area (Å²) in [5.74, 6) is 1.61. The van der Waals surface area contributed by atoms with E-state index in [1.807, 2.05) is 0 Å². The Morgan fingerprint density at radius 1 is 0.600 bits per heavy atom. The third-order valence-corrected chi connectivity index (χ3v) is 13.9. The molecule has 0 bridgehead atoms. The molecule has 0 aliphatic heterocycles. The van der Waals surface area contributed by atoms with Crippen LogP contribution < -0.4 is 9.47 Å². The van der Waals surface area contributed by atoms with Crippen LogP contribution in [0.2, 0.25) is 0 Å². The van der Waals surface area contributed by atoms with Gasteiger partial charge in [-0.2, -0.15) is 0 Å². The Labute approximate surface area is 276 Å². The first-order valence-corrected chi connectivity index (χ1v) is 18.0. The van der Waals surface area contributed by atoms with Crippen LogP contribution in [0.5, 0.6) is 11.5 Å². The summed E-state index contributed by atoms with van der Waals surface area (Å²) in [4.78, 5) is 1.16. The molecule has 0 amide bonds. The van der Waals surface area contributed by atoms with E-state index in [1.165, 1.54) is 0 Å². The van der Waals surface area contributed by atoms with Crippen LogP contribution in [0, 0.1) is 0 Å². The molecule has 196 valence electrons. The monoisotopic (exact) mass is 992 g/mol. The minimum Gasteiger partial charge on any atom is -0.490 e. The number of ether oxygens (including phenoxy) is 2. The van der Waals surface area contributed by atoms with E-state index < -0.39 is 0 Å². The highest BCUT2D eigenvalue weighted by atomic mass is 79.9.